The molecule has 3 nitrogen and oxygen atoms in total. The monoisotopic (exact) mass is 353 g/mol. The van der Waals surface area contributed by atoms with Gasteiger partial charge in [0, 0.05) is 10.0 Å². The van der Waals surface area contributed by atoms with Gasteiger partial charge in [-0.2, -0.15) is 0 Å². The highest BCUT2D eigenvalue weighted by Gasteiger charge is 2.14. The predicted octanol–water partition coefficient (Wildman–Crippen LogP) is 4.64. The standard InChI is InChI=1S/C13H12BrN3S2/c1-3-18-13-16-17-8(2)11(15-12(17)19-13)9-4-6-10(14)7-5-9/h4-7H,3H2,1-2H3. The first kappa shape index (κ1) is 13.1. The molecule has 1 aromatic carbocycles. The molecular formula is C13H12BrN3S2. The molecule has 0 N–H and O–H groups in total. The lowest BCUT2D eigenvalue weighted by molar-refractivity contribution is 0.883. The van der Waals surface area contributed by atoms with Gasteiger partial charge in [0.1, 0.15) is 0 Å². The number of thioether (sulfide) groups is 1. The number of nitrogens with zero attached hydrogens (tertiary/aromatic N) is 3. The number of benzene rings is 1. The van der Waals surface area contributed by atoms with E-state index in [4.69, 9.17) is 4.98 Å². The second-order valence-corrected chi connectivity index (χ2v) is 7.43. The fourth-order valence-corrected chi connectivity index (χ4v) is 4.04. The Labute approximate surface area is 128 Å². The van der Waals surface area contributed by atoms with Gasteiger partial charge in [0.05, 0.1) is 11.4 Å². The van der Waals surface area contributed by atoms with Crippen LogP contribution in [-0.2, 0) is 0 Å². The van der Waals surface area contributed by atoms with Gasteiger partial charge in [0.2, 0.25) is 4.96 Å². The van der Waals surface area contributed by atoms with Gasteiger partial charge in [-0.25, -0.2) is 9.50 Å². The van der Waals surface area contributed by atoms with Gasteiger partial charge >= 0.3 is 0 Å². The molecule has 2 heterocycles. The first-order chi connectivity index (χ1) is 9.19. The van der Waals surface area contributed by atoms with Crippen LogP contribution in [0.1, 0.15) is 12.6 Å². The van der Waals surface area contributed by atoms with Crippen LogP contribution in [0.4, 0.5) is 0 Å². The average molecular weight is 354 g/mol. The summed E-state index contributed by atoms with van der Waals surface area (Å²) >= 11 is 6.86. The van der Waals surface area contributed by atoms with Crippen LogP contribution in [0, 0.1) is 6.92 Å². The maximum absolute atomic E-state index is 4.71. The molecule has 0 aliphatic carbocycles. The Kier molecular flexibility index (Phi) is 3.64. The molecule has 98 valence electrons. The van der Waals surface area contributed by atoms with Gasteiger partial charge < -0.3 is 0 Å². The van der Waals surface area contributed by atoms with Crippen molar-refractivity contribution in [1.29, 1.82) is 0 Å². The fourth-order valence-electron chi connectivity index (χ4n) is 1.89. The summed E-state index contributed by atoms with van der Waals surface area (Å²) in [7, 11) is 0. The molecular weight excluding hydrogens is 342 g/mol. The average Bonchev–Trinajstić information content (AvgIpc) is 2.91. The lowest BCUT2D eigenvalue weighted by Gasteiger charge is -1.99. The van der Waals surface area contributed by atoms with Crippen LogP contribution in [0.3, 0.4) is 0 Å². The number of halogens is 1. The molecule has 0 aliphatic rings. The Morgan fingerprint density at radius 1 is 1.32 bits per heavy atom. The number of rotatable bonds is 3. The van der Waals surface area contributed by atoms with Gasteiger partial charge in [-0.15, -0.1) is 5.10 Å². The summed E-state index contributed by atoms with van der Waals surface area (Å²) in [4.78, 5) is 5.67. The van der Waals surface area contributed by atoms with Crippen molar-refractivity contribution < 1.29 is 0 Å². The molecule has 0 atom stereocenters. The molecule has 0 unspecified atom stereocenters. The largest absolute Gasteiger partial charge is 0.217 e. The number of aromatic nitrogens is 3. The number of aryl methyl sites for hydroxylation is 1. The number of hydrogen-bond acceptors (Lipinski definition) is 4. The van der Waals surface area contributed by atoms with Crippen molar-refractivity contribution >= 4 is 44.0 Å². The van der Waals surface area contributed by atoms with Crippen molar-refractivity contribution in [3.63, 3.8) is 0 Å². The summed E-state index contributed by atoms with van der Waals surface area (Å²) in [6, 6.07) is 8.22. The Morgan fingerprint density at radius 3 is 2.68 bits per heavy atom. The van der Waals surface area contributed by atoms with E-state index < -0.39 is 0 Å². The van der Waals surface area contributed by atoms with Crippen LogP contribution < -0.4 is 0 Å². The normalized spacial score (nSPS) is 11.3. The molecule has 0 spiro atoms. The minimum atomic E-state index is 0.964. The SMILES string of the molecule is CCSc1nn2c(C)c(-c3ccc(Br)cc3)nc2s1. The minimum Gasteiger partial charge on any atom is -0.217 e. The van der Waals surface area contributed by atoms with Crippen molar-refractivity contribution in [2.24, 2.45) is 0 Å². The Hall–Kier alpha value is -0.850. The molecule has 3 rings (SSSR count). The Bertz CT molecular complexity index is 715. The van der Waals surface area contributed by atoms with E-state index in [2.05, 4.69) is 47.0 Å². The van der Waals surface area contributed by atoms with Gasteiger partial charge in [0.15, 0.2) is 4.34 Å². The molecule has 0 saturated heterocycles. The third kappa shape index (κ3) is 2.44. The van der Waals surface area contributed by atoms with E-state index in [-0.39, 0.29) is 0 Å². The van der Waals surface area contributed by atoms with Gasteiger partial charge in [-0.3, -0.25) is 0 Å². The summed E-state index contributed by atoms with van der Waals surface area (Å²) < 4.78 is 4.10. The molecule has 2 aromatic heterocycles. The fraction of sp³-hybridized carbons (Fsp3) is 0.231. The zero-order valence-corrected chi connectivity index (χ0v) is 13.8. The molecule has 19 heavy (non-hydrogen) atoms. The highest BCUT2D eigenvalue weighted by atomic mass is 79.9. The Balaban J connectivity index is 2.07. The first-order valence-corrected chi connectivity index (χ1v) is 8.53. The van der Waals surface area contributed by atoms with E-state index >= 15 is 0 Å². The topological polar surface area (TPSA) is 30.2 Å². The van der Waals surface area contributed by atoms with Gasteiger partial charge in [-0.05, 0) is 24.8 Å². The maximum atomic E-state index is 4.71. The van der Waals surface area contributed by atoms with Crippen LogP contribution in [0.25, 0.3) is 16.2 Å². The third-order valence-corrected chi connectivity index (χ3v) is 5.25. The van der Waals surface area contributed by atoms with Gasteiger partial charge in [-0.1, -0.05) is 58.1 Å². The molecule has 0 bridgehead atoms. The second-order valence-electron chi connectivity index (χ2n) is 4.05. The third-order valence-electron chi connectivity index (χ3n) is 2.79. The lowest BCUT2D eigenvalue weighted by atomic mass is 10.1. The smallest absolute Gasteiger partial charge is 0.213 e. The van der Waals surface area contributed by atoms with E-state index in [1.807, 2.05) is 16.6 Å². The van der Waals surface area contributed by atoms with E-state index in [9.17, 15) is 0 Å². The summed E-state index contributed by atoms with van der Waals surface area (Å²) in [6.45, 7) is 4.20. The van der Waals surface area contributed by atoms with E-state index in [0.717, 1.165) is 36.5 Å². The van der Waals surface area contributed by atoms with Gasteiger partial charge in [0.25, 0.3) is 0 Å². The molecule has 0 amide bonds. The summed E-state index contributed by atoms with van der Waals surface area (Å²) in [5, 5.41) is 4.59. The second kappa shape index (κ2) is 5.26. The van der Waals surface area contributed by atoms with Crippen molar-refractivity contribution in [1.82, 2.24) is 14.6 Å². The summed E-state index contributed by atoms with van der Waals surface area (Å²) in [6.07, 6.45) is 0. The summed E-state index contributed by atoms with van der Waals surface area (Å²) in [5.74, 6) is 1.04. The number of fused-ring (bicyclic) bond motifs is 1. The van der Waals surface area contributed by atoms with E-state index in [1.54, 1.807) is 23.1 Å². The predicted molar refractivity (Wildman–Crippen MR) is 85.1 cm³/mol. The van der Waals surface area contributed by atoms with Crippen LogP contribution in [0.2, 0.25) is 0 Å². The minimum absolute atomic E-state index is 0.964. The quantitative estimate of drug-likeness (QED) is 0.642. The van der Waals surface area contributed by atoms with Crippen molar-refractivity contribution in [2.75, 3.05) is 5.75 Å². The van der Waals surface area contributed by atoms with Crippen LogP contribution in [0.15, 0.2) is 33.1 Å². The lowest BCUT2D eigenvalue weighted by Crippen LogP contribution is -1.89. The zero-order valence-electron chi connectivity index (χ0n) is 10.6. The van der Waals surface area contributed by atoms with E-state index in [0.29, 0.717) is 0 Å². The molecule has 0 fully saturated rings. The van der Waals surface area contributed by atoms with Crippen molar-refractivity contribution in [2.45, 2.75) is 18.2 Å². The molecule has 3 aromatic rings. The maximum Gasteiger partial charge on any atom is 0.213 e. The summed E-state index contributed by atoms with van der Waals surface area (Å²) in [5.41, 5.74) is 3.24. The van der Waals surface area contributed by atoms with Crippen LogP contribution in [0.5, 0.6) is 0 Å². The van der Waals surface area contributed by atoms with E-state index in [1.165, 1.54) is 0 Å². The highest BCUT2D eigenvalue weighted by Crippen LogP contribution is 2.30. The zero-order chi connectivity index (χ0) is 13.4. The number of hydrogen-bond donors (Lipinski definition) is 0. The molecule has 0 saturated carbocycles. The number of imidazole rings is 1. The van der Waals surface area contributed by atoms with Crippen molar-refractivity contribution in [3.8, 4) is 11.3 Å². The van der Waals surface area contributed by atoms with Crippen LogP contribution in [-0.4, -0.2) is 20.4 Å². The van der Waals surface area contributed by atoms with Crippen molar-refractivity contribution in [3.05, 3.63) is 34.4 Å². The highest BCUT2D eigenvalue weighted by molar-refractivity contribution is 9.10. The first-order valence-electron chi connectivity index (χ1n) is 5.94. The van der Waals surface area contributed by atoms with Crippen LogP contribution >= 0.6 is 39.0 Å². The molecule has 0 aliphatic heterocycles. The molecule has 0 radical (unpaired) electrons. The molecule has 6 heteroatoms. The Morgan fingerprint density at radius 2 is 2.05 bits per heavy atom.